The van der Waals surface area contributed by atoms with Crippen molar-refractivity contribution in [3.63, 3.8) is 0 Å². The zero-order valence-electron chi connectivity index (χ0n) is 9.52. The minimum Gasteiger partial charge on any atom is -0.330 e. The molecule has 1 aliphatic carbocycles. The molecule has 3 N–H and O–H groups in total. The molecule has 2 rings (SSSR count). The number of anilines is 1. The van der Waals surface area contributed by atoms with E-state index < -0.39 is 0 Å². The molecule has 2 unspecified atom stereocenters. The maximum Gasteiger partial charge on any atom is 0.221 e. The van der Waals surface area contributed by atoms with Crippen LogP contribution in [-0.2, 0) is 4.79 Å². The largest absolute Gasteiger partial charge is 0.330 e. The van der Waals surface area contributed by atoms with E-state index in [0.717, 1.165) is 25.1 Å². The first-order chi connectivity index (χ1) is 7.69. The SMILES string of the molecule is CC(=O)Nc1cnn(C2CCC(CN)C2)c1. The van der Waals surface area contributed by atoms with Crippen LogP contribution in [-0.4, -0.2) is 22.2 Å². The highest BCUT2D eigenvalue weighted by Gasteiger charge is 2.25. The first-order valence-electron chi connectivity index (χ1n) is 5.71. The molecule has 5 heteroatoms. The van der Waals surface area contributed by atoms with Crippen molar-refractivity contribution in [2.45, 2.75) is 32.2 Å². The molecular weight excluding hydrogens is 204 g/mol. The smallest absolute Gasteiger partial charge is 0.221 e. The molecule has 0 aromatic carbocycles. The normalized spacial score (nSPS) is 24.6. The molecule has 16 heavy (non-hydrogen) atoms. The molecule has 1 amide bonds. The van der Waals surface area contributed by atoms with Crippen molar-refractivity contribution >= 4 is 11.6 Å². The fraction of sp³-hybridized carbons (Fsp3) is 0.636. The molecule has 5 nitrogen and oxygen atoms in total. The molecule has 2 atom stereocenters. The molecular formula is C11H18N4O. The summed E-state index contributed by atoms with van der Waals surface area (Å²) < 4.78 is 1.95. The van der Waals surface area contributed by atoms with E-state index in [1.165, 1.54) is 13.3 Å². The second-order valence-electron chi connectivity index (χ2n) is 4.46. The number of nitrogens with two attached hydrogens (primary N) is 1. The van der Waals surface area contributed by atoms with Gasteiger partial charge in [0.15, 0.2) is 0 Å². The van der Waals surface area contributed by atoms with Crippen LogP contribution >= 0.6 is 0 Å². The maximum absolute atomic E-state index is 10.9. The Labute approximate surface area is 95.0 Å². The van der Waals surface area contributed by atoms with Gasteiger partial charge in [-0.25, -0.2) is 0 Å². The molecule has 1 saturated carbocycles. The zero-order chi connectivity index (χ0) is 11.5. The molecule has 1 heterocycles. The van der Waals surface area contributed by atoms with Gasteiger partial charge >= 0.3 is 0 Å². The van der Waals surface area contributed by atoms with Gasteiger partial charge in [-0.3, -0.25) is 9.48 Å². The van der Waals surface area contributed by atoms with E-state index in [0.29, 0.717) is 12.0 Å². The summed E-state index contributed by atoms with van der Waals surface area (Å²) in [7, 11) is 0. The summed E-state index contributed by atoms with van der Waals surface area (Å²) in [6.07, 6.45) is 6.99. The minimum atomic E-state index is -0.0641. The number of hydrogen-bond acceptors (Lipinski definition) is 3. The van der Waals surface area contributed by atoms with Crippen molar-refractivity contribution in [3.05, 3.63) is 12.4 Å². The van der Waals surface area contributed by atoms with Crippen molar-refractivity contribution in [1.82, 2.24) is 9.78 Å². The van der Waals surface area contributed by atoms with Gasteiger partial charge in [0, 0.05) is 13.1 Å². The molecule has 0 aliphatic heterocycles. The van der Waals surface area contributed by atoms with Gasteiger partial charge in [-0.1, -0.05) is 0 Å². The van der Waals surface area contributed by atoms with Gasteiger partial charge < -0.3 is 11.1 Å². The number of rotatable bonds is 3. The number of carbonyl (C=O) groups excluding carboxylic acids is 1. The van der Waals surface area contributed by atoms with Gasteiger partial charge in [-0.05, 0) is 31.7 Å². The van der Waals surface area contributed by atoms with Gasteiger partial charge in [0.05, 0.1) is 17.9 Å². The van der Waals surface area contributed by atoms with Crippen molar-refractivity contribution < 1.29 is 4.79 Å². The van der Waals surface area contributed by atoms with E-state index in [9.17, 15) is 4.79 Å². The van der Waals surface area contributed by atoms with E-state index >= 15 is 0 Å². The molecule has 88 valence electrons. The summed E-state index contributed by atoms with van der Waals surface area (Å²) >= 11 is 0. The number of aromatic nitrogens is 2. The van der Waals surface area contributed by atoms with Crippen LogP contribution in [0.5, 0.6) is 0 Å². The fourth-order valence-electron chi connectivity index (χ4n) is 2.31. The highest BCUT2D eigenvalue weighted by Crippen LogP contribution is 2.33. The Bertz CT molecular complexity index is 374. The number of carbonyl (C=O) groups is 1. The quantitative estimate of drug-likeness (QED) is 0.805. The van der Waals surface area contributed by atoms with Crippen LogP contribution in [0.1, 0.15) is 32.2 Å². The first kappa shape index (κ1) is 11.1. The monoisotopic (exact) mass is 222 g/mol. The Kier molecular flexibility index (Phi) is 3.24. The van der Waals surface area contributed by atoms with Crippen molar-refractivity contribution in [2.24, 2.45) is 11.7 Å². The number of nitrogens with zero attached hydrogens (tertiary/aromatic N) is 2. The van der Waals surface area contributed by atoms with Crippen molar-refractivity contribution in [2.75, 3.05) is 11.9 Å². The summed E-state index contributed by atoms with van der Waals surface area (Å²) in [6.45, 7) is 2.26. The third kappa shape index (κ3) is 2.41. The van der Waals surface area contributed by atoms with Crippen LogP contribution in [0.15, 0.2) is 12.4 Å². The van der Waals surface area contributed by atoms with Crippen molar-refractivity contribution in [1.29, 1.82) is 0 Å². The van der Waals surface area contributed by atoms with E-state index in [2.05, 4.69) is 10.4 Å². The Morgan fingerprint density at radius 2 is 2.50 bits per heavy atom. The van der Waals surface area contributed by atoms with Crippen LogP contribution in [0.3, 0.4) is 0 Å². The van der Waals surface area contributed by atoms with E-state index in [4.69, 9.17) is 5.73 Å². The molecule has 1 aromatic heterocycles. The molecule has 0 saturated heterocycles. The average molecular weight is 222 g/mol. The summed E-state index contributed by atoms with van der Waals surface area (Å²) in [5.41, 5.74) is 6.43. The predicted molar refractivity (Wildman–Crippen MR) is 62.0 cm³/mol. The second-order valence-corrected chi connectivity index (χ2v) is 4.46. The van der Waals surface area contributed by atoms with Gasteiger partial charge in [0.2, 0.25) is 5.91 Å². The zero-order valence-corrected chi connectivity index (χ0v) is 9.52. The number of amides is 1. The third-order valence-electron chi connectivity index (χ3n) is 3.14. The summed E-state index contributed by atoms with van der Waals surface area (Å²) in [6, 6.07) is 0.441. The topological polar surface area (TPSA) is 72.9 Å². The molecule has 1 aliphatic rings. The lowest BCUT2D eigenvalue weighted by molar-refractivity contribution is -0.114. The molecule has 1 fully saturated rings. The van der Waals surface area contributed by atoms with Crippen molar-refractivity contribution in [3.8, 4) is 0 Å². The first-order valence-corrected chi connectivity index (χ1v) is 5.71. The second kappa shape index (κ2) is 4.65. The lowest BCUT2D eigenvalue weighted by Gasteiger charge is -2.10. The molecule has 0 radical (unpaired) electrons. The number of nitrogens with one attached hydrogen (secondary N) is 1. The van der Waals surface area contributed by atoms with Crippen LogP contribution in [0.25, 0.3) is 0 Å². The van der Waals surface area contributed by atoms with Gasteiger partial charge in [0.1, 0.15) is 0 Å². The van der Waals surface area contributed by atoms with Crippen LogP contribution < -0.4 is 11.1 Å². The standard InChI is InChI=1S/C11H18N4O/c1-8(16)14-10-6-13-15(7-10)11-3-2-9(4-11)5-12/h6-7,9,11H,2-5,12H2,1H3,(H,14,16). The molecule has 1 aromatic rings. The Balaban J connectivity index is 1.99. The summed E-state index contributed by atoms with van der Waals surface area (Å²) in [4.78, 5) is 10.9. The van der Waals surface area contributed by atoms with Gasteiger partial charge in [-0.2, -0.15) is 5.10 Å². The third-order valence-corrected chi connectivity index (χ3v) is 3.14. The predicted octanol–water partition coefficient (Wildman–Crippen LogP) is 1.14. The Morgan fingerprint density at radius 1 is 1.69 bits per heavy atom. The highest BCUT2D eigenvalue weighted by molar-refractivity contribution is 5.88. The van der Waals surface area contributed by atoms with Gasteiger partial charge in [0.25, 0.3) is 0 Å². The highest BCUT2D eigenvalue weighted by atomic mass is 16.1. The summed E-state index contributed by atoms with van der Waals surface area (Å²) in [5, 5.41) is 7.01. The van der Waals surface area contributed by atoms with Crippen LogP contribution in [0.4, 0.5) is 5.69 Å². The molecule has 0 spiro atoms. The van der Waals surface area contributed by atoms with Crippen LogP contribution in [0.2, 0.25) is 0 Å². The average Bonchev–Trinajstić information content (AvgIpc) is 2.83. The summed E-state index contributed by atoms with van der Waals surface area (Å²) in [5.74, 6) is 0.559. The lowest BCUT2D eigenvalue weighted by atomic mass is 10.1. The van der Waals surface area contributed by atoms with E-state index in [-0.39, 0.29) is 5.91 Å². The Hall–Kier alpha value is -1.36. The van der Waals surface area contributed by atoms with E-state index in [1.54, 1.807) is 6.20 Å². The number of hydrogen-bond donors (Lipinski definition) is 2. The van der Waals surface area contributed by atoms with Gasteiger partial charge in [-0.15, -0.1) is 0 Å². The van der Waals surface area contributed by atoms with E-state index in [1.807, 2.05) is 10.9 Å². The maximum atomic E-state index is 10.9. The lowest BCUT2D eigenvalue weighted by Crippen LogP contribution is -2.12. The molecule has 0 bridgehead atoms. The van der Waals surface area contributed by atoms with Crippen LogP contribution in [0, 0.1) is 5.92 Å². The minimum absolute atomic E-state index is 0.0641. The fourth-order valence-corrected chi connectivity index (χ4v) is 2.31. The Morgan fingerprint density at radius 3 is 3.12 bits per heavy atom.